The normalized spacial score (nSPS) is 34.1. The van der Waals surface area contributed by atoms with Gasteiger partial charge in [0.25, 0.3) is 5.91 Å². The molecule has 2 aliphatic rings. The van der Waals surface area contributed by atoms with Crippen molar-refractivity contribution in [3.63, 3.8) is 0 Å². The van der Waals surface area contributed by atoms with E-state index in [9.17, 15) is 4.79 Å². The molecule has 2 nitrogen and oxygen atoms in total. The minimum Gasteiger partial charge on any atom is -0.342 e. The van der Waals surface area contributed by atoms with E-state index in [-0.39, 0.29) is 5.91 Å². The van der Waals surface area contributed by atoms with Gasteiger partial charge >= 0.3 is 0 Å². The third-order valence-electron chi connectivity index (χ3n) is 2.51. The summed E-state index contributed by atoms with van der Waals surface area (Å²) in [4.78, 5) is 10.7. The Balaban J connectivity index is 1.75. The van der Waals surface area contributed by atoms with Crippen LogP contribution in [0.1, 0.15) is 19.3 Å². The molecule has 2 heteroatoms. The van der Waals surface area contributed by atoms with E-state index in [1.165, 1.54) is 12.8 Å². The molecule has 0 heterocycles. The third kappa shape index (κ3) is 1.37. The number of rotatable bonds is 2. The summed E-state index contributed by atoms with van der Waals surface area (Å²) in [5.74, 6) is 3.47. The summed E-state index contributed by atoms with van der Waals surface area (Å²) in [5, 5.41) is 2.80. The van der Waals surface area contributed by atoms with E-state index >= 15 is 0 Å². The molecule has 0 aromatic rings. The number of terminal acetylenes is 1. The number of nitrogens with one attached hydrogen (secondary N) is 1. The maximum atomic E-state index is 10.7. The van der Waals surface area contributed by atoms with Crippen LogP contribution in [0.3, 0.4) is 0 Å². The quantitative estimate of drug-likeness (QED) is 0.570. The first-order chi connectivity index (χ1) is 5.31. The Morgan fingerprint density at radius 1 is 1.55 bits per heavy atom. The molecule has 1 amide bonds. The highest BCUT2D eigenvalue weighted by atomic mass is 16.1. The molecule has 0 aromatic heterocycles. The van der Waals surface area contributed by atoms with Crippen LogP contribution in [0.5, 0.6) is 0 Å². The molecule has 2 fully saturated rings. The van der Waals surface area contributed by atoms with Crippen molar-refractivity contribution >= 4 is 5.91 Å². The molecule has 1 N–H and O–H groups in total. The molecule has 2 aliphatic carbocycles. The fraction of sp³-hybridized carbons (Fsp3) is 0.667. The highest BCUT2D eigenvalue weighted by Gasteiger charge is 2.47. The average molecular weight is 149 g/mol. The van der Waals surface area contributed by atoms with Gasteiger partial charge in [0.05, 0.1) is 0 Å². The zero-order chi connectivity index (χ0) is 7.84. The molecule has 2 unspecified atom stereocenters. The lowest BCUT2D eigenvalue weighted by atomic mass is 10.3. The third-order valence-corrected chi connectivity index (χ3v) is 2.51. The Bertz CT molecular complexity index is 224. The van der Waals surface area contributed by atoms with E-state index in [4.69, 9.17) is 6.42 Å². The molecule has 2 rings (SSSR count). The second-order valence-electron chi connectivity index (χ2n) is 3.46. The van der Waals surface area contributed by atoms with E-state index in [1.54, 1.807) is 0 Å². The van der Waals surface area contributed by atoms with Crippen LogP contribution in [0.15, 0.2) is 0 Å². The predicted molar refractivity (Wildman–Crippen MR) is 41.6 cm³/mol. The van der Waals surface area contributed by atoms with Crippen molar-refractivity contribution in [2.24, 2.45) is 11.8 Å². The van der Waals surface area contributed by atoms with Crippen LogP contribution in [-0.2, 0) is 4.79 Å². The highest BCUT2D eigenvalue weighted by molar-refractivity contribution is 5.93. The van der Waals surface area contributed by atoms with Crippen LogP contribution >= 0.6 is 0 Å². The van der Waals surface area contributed by atoms with Crippen molar-refractivity contribution in [1.29, 1.82) is 0 Å². The Labute approximate surface area is 66.4 Å². The lowest BCUT2D eigenvalue weighted by Crippen LogP contribution is -2.25. The molecular formula is C9H11NO. The fourth-order valence-corrected chi connectivity index (χ4v) is 1.64. The van der Waals surface area contributed by atoms with Gasteiger partial charge in [-0.25, -0.2) is 0 Å². The molecule has 0 aromatic carbocycles. The molecule has 0 spiro atoms. The van der Waals surface area contributed by atoms with E-state index in [0.717, 1.165) is 18.3 Å². The summed E-state index contributed by atoms with van der Waals surface area (Å²) in [7, 11) is 0. The largest absolute Gasteiger partial charge is 0.342 e. The van der Waals surface area contributed by atoms with Crippen LogP contribution in [0.4, 0.5) is 0 Å². The number of carbonyl (C=O) groups excluding carboxylic acids is 1. The Morgan fingerprint density at radius 2 is 2.27 bits per heavy atom. The van der Waals surface area contributed by atoms with Gasteiger partial charge in [-0.05, 0) is 37.0 Å². The predicted octanol–water partition coefficient (Wildman–Crippen LogP) is 0.534. The minimum absolute atomic E-state index is 0.252. The van der Waals surface area contributed by atoms with Crippen molar-refractivity contribution in [2.75, 3.05) is 0 Å². The highest BCUT2D eigenvalue weighted by Crippen LogP contribution is 2.49. The van der Waals surface area contributed by atoms with Gasteiger partial charge < -0.3 is 5.32 Å². The molecule has 11 heavy (non-hydrogen) atoms. The van der Waals surface area contributed by atoms with E-state index in [2.05, 4.69) is 11.2 Å². The van der Waals surface area contributed by atoms with Gasteiger partial charge in [-0.3, -0.25) is 4.79 Å². The first kappa shape index (κ1) is 6.72. The van der Waals surface area contributed by atoms with Gasteiger partial charge in [-0.15, -0.1) is 6.42 Å². The van der Waals surface area contributed by atoms with Gasteiger partial charge in [0.1, 0.15) is 0 Å². The van der Waals surface area contributed by atoms with Gasteiger partial charge in [0.15, 0.2) is 0 Å². The van der Waals surface area contributed by atoms with Crippen molar-refractivity contribution in [3.05, 3.63) is 0 Å². The van der Waals surface area contributed by atoms with Crippen molar-refractivity contribution < 1.29 is 4.79 Å². The maximum absolute atomic E-state index is 10.7. The molecule has 2 atom stereocenters. The Kier molecular flexibility index (Phi) is 1.38. The smallest absolute Gasteiger partial charge is 0.295 e. The fourth-order valence-electron chi connectivity index (χ4n) is 1.64. The number of hydrogen-bond acceptors (Lipinski definition) is 1. The Hall–Kier alpha value is -0.970. The van der Waals surface area contributed by atoms with Gasteiger partial charge in [0.2, 0.25) is 0 Å². The zero-order valence-electron chi connectivity index (χ0n) is 6.34. The van der Waals surface area contributed by atoms with Crippen LogP contribution in [0.2, 0.25) is 0 Å². The molecular weight excluding hydrogens is 138 g/mol. The van der Waals surface area contributed by atoms with Crippen LogP contribution < -0.4 is 5.32 Å². The van der Waals surface area contributed by atoms with Crippen molar-refractivity contribution in [1.82, 2.24) is 5.32 Å². The minimum atomic E-state index is -0.252. The summed E-state index contributed by atoms with van der Waals surface area (Å²) in [6, 6.07) is 0.408. The summed E-state index contributed by atoms with van der Waals surface area (Å²) in [6.07, 6.45) is 8.78. The first-order valence-electron chi connectivity index (χ1n) is 4.08. The Morgan fingerprint density at radius 3 is 2.82 bits per heavy atom. The molecule has 0 radical (unpaired) electrons. The van der Waals surface area contributed by atoms with Crippen LogP contribution in [0.25, 0.3) is 0 Å². The average Bonchev–Trinajstić information content (AvgIpc) is 2.79. The number of hydrogen-bond donors (Lipinski definition) is 1. The SMILES string of the molecule is C#CC(=O)NC1CC1C1CC1. The second kappa shape index (κ2) is 2.27. The van der Waals surface area contributed by atoms with Gasteiger partial charge in [-0.2, -0.15) is 0 Å². The van der Waals surface area contributed by atoms with Gasteiger partial charge in [-0.1, -0.05) is 0 Å². The molecule has 58 valence electrons. The monoisotopic (exact) mass is 149 g/mol. The summed E-state index contributed by atoms with van der Waals surface area (Å²) in [6.45, 7) is 0. The van der Waals surface area contributed by atoms with E-state index < -0.39 is 0 Å². The molecule has 0 saturated heterocycles. The van der Waals surface area contributed by atoms with E-state index in [0.29, 0.717) is 6.04 Å². The van der Waals surface area contributed by atoms with Crippen molar-refractivity contribution in [3.8, 4) is 12.3 Å². The second-order valence-corrected chi connectivity index (χ2v) is 3.46. The topological polar surface area (TPSA) is 29.1 Å². The summed E-state index contributed by atoms with van der Waals surface area (Å²) in [5.41, 5.74) is 0. The molecule has 0 aliphatic heterocycles. The summed E-state index contributed by atoms with van der Waals surface area (Å²) < 4.78 is 0. The number of amides is 1. The van der Waals surface area contributed by atoms with Crippen LogP contribution in [-0.4, -0.2) is 11.9 Å². The molecule has 0 bridgehead atoms. The van der Waals surface area contributed by atoms with Gasteiger partial charge in [0, 0.05) is 6.04 Å². The maximum Gasteiger partial charge on any atom is 0.295 e. The van der Waals surface area contributed by atoms with Crippen LogP contribution in [0, 0.1) is 24.2 Å². The summed E-state index contributed by atoms with van der Waals surface area (Å²) >= 11 is 0. The standard InChI is InChI=1S/C9H11NO/c1-2-9(11)10-8-5-7(8)6-3-4-6/h1,6-8H,3-5H2,(H,10,11). The zero-order valence-corrected chi connectivity index (χ0v) is 6.34. The van der Waals surface area contributed by atoms with E-state index in [1.807, 2.05) is 0 Å². The lowest BCUT2D eigenvalue weighted by Gasteiger charge is -1.96. The molecule has 2 saturated carbocycles. The first-order valence-corrected chi connectivity index (χ1v) is 4.08. The number of carbonyl (C=O) groups is 1. The lowest BCUT2D eigenvalue weighted by molar-refractivity contribution is -0.115. The van der Waals surface area contributed by atoms with Crippen molar-refractivity contribution in [2.45, 2.75) is 25.3 Å².